The first kappa shape index (κ1) is 18.9. The van der Waals surface area contributed by atoms with Gasteiger partial charge in [-0.15, -0.1) is 0 Å². The topological polar surface area (TPSA) is 96.0 Å². The van der Waals surface area contributed by atoms with Crippen molar-refractivity contribution in [3.63, 3.8) is 0 Å². The molecule has 7 nitrogen and oxygen atoms in total. The number of hydrogen-bond donors (Lipinski definition) is 3. The van der Waals surface area contributed by atoms with Crippen LogP contribution in [0.1, 0.15) is 18.2 Å². The molecule has 8 heteroatoms. The second-order valence-electron chi connectivity index (χ2n) is 5.33. The van der Waals surface area contributed by atoms with E-state index in [1.54, 1.807) is 6.08 Å². The summed E-state index contributed by atoms with van der Waals surface area (Å²) in [4.78, 5) is 8.58. The third-order valence-electron chi connectivity index (χ3n) is 3.16. The van der Waals surface area contributed by atoms with E-state index >= 15 is 0 Å². The Morgan fingerprint density at radius 2 is 1.84 bits per heavy atom. The average Bonchev–Trinajstić information content (AvgIpc) is 2.58. The lowest BCUT2D eigenvalue weighted by molar-refractivity contribution is 0.592. The quantitative estimate of drug-likeness (QED) is 0.593. The maximum Gasteiger partial charge on any atom is 0.233 e. The molecule has 1 heterocycles. The third kappa shape index (κ3) is 6.90. The van der Waals surface area contributed by atoms with Crippen LogP contribution in [0.25, 0.3) is 6.08 Å². The number of aromatic nitrogens is 2. The fourth-order valence-electron chi connectivity index (χ4n) is 2.07. The summed E-state index contributed by atoms with van der Waals surface area (Å²) >= 11 is 0. The Bertz CT molecular complexity index is 807. The summed E-state index contributed by atoms with van der Waals surface area (Å²) in [5.74, 6) is 1.21. The molecular weight excluding hydrogens is 338 g/mol. The number of hydrogen-bond acceptors (Lipinski definition) is 6. The Hall–Kier alpha value is -2.45. The van der Waals surface area contributed by atoms with E-state index in [1.165, 1.54) is 0 Å². The van der Waals surface area contributed by atoms with Crippen LogP contribution in [0.5, 0.6) is 0 Å². The molecule has 1 aromatic carbocycles. The molecule has 2 rings (SSSR count). The second-order valence-corrected chi connectivity index (χ2v) is 6.98. The Balaban J connectivity index is 1.83. The van der Waals surface area contributed by atoms with Gasteiger partial charge in [-0.25, -0.2) is 18.1 Å². The van der Waals surface area contributed by atoms with E-state index in [0.29, 0.717) is 12.5 Å². The van der Waals surface area contributed by atoms with Gasteiger partial charge in [-0.3, -0.25) is 0 Å². The van der Waals surface area contributed by atoms with Crippen LogP contribution in [0.4, 0.5) is 11.8 Å². The molecule has 0 aliphatic heterocycles. The largest absolute Gasteiger partial charge is 0.370 e. The molecule has 1 aromatic heterocycles. The third-order valence-corrected chi connectivity index (χ3v) is 4.26. The van der Waals surface area contributed by atoms with Crippen molar-refractivity contribution in [3.05, 3.63) is 53.1 Å². The van der Waals surface area contributed by atoms with Crippen molar-refractivity contribution in [2.24, 2.45) is 0 Å². The first-order valence-corrected chi connectivity index (χ1v) is 9.59. The predicted molar refractivity (Wildman–Crippen MR) is 102 cm³/mol. The Kier molecular flexibility index (Phi) is 6.91. The summed E-state index contributed by atoms with van der Waals surface area (Å²) in [7, 11) is -3.48. The highest BCUT2D eigenvalue weighted by atomic mass is 32.2. The summed E-state index contributed by atoms with van der Waals surface area (Å²) < 4.78 is 26.4. The highest BCUT2D eigenvalue weighted by Crippen LogP contribution is 2.09. The number of rotatable bonds is 9. The molecule has 2 aromatic rings. The van der Waals surface area contributed by atoms with Crippen molar-refractivity contribution in [3.8, 4) is 0 Å². The van der Waals surface area contributed by atoms with Gasteiger partial charge >= 0.3 is 0 Å². The van der Waals surface area contributed by atoms with Gasteiger partial charge in [-0.1, -0.05) is 30.3 Å². The molecule has 0 bridgehead atoms. The molecular formula is C17H23N5O2S. The zero-order valence-electron chi connectivity index (χ0n) is 14.4. The lowest BCUT2D eigenvalue weighted by Gasteiger charge is -2.09. The van der Waals surface area contributed by atoms with E-state index in [2.05, 4.69) is 25.3 Å². The summed E-state index contributed by atoms with van der Waals surface area (Å²) in [5, 5.41) is 7.30. The zero-order chi connectivity index (χ0) is 18.1. The van der Waals surface area contributed by atoms with Crippen molar-refractivity contribution in [2.75, 3.05) is 30.3 Å². The fourth-order valence-corrected chi connectivity index (χ4v) is 2.89. The number of nitrogens with zero attached hydrogens (tertiary/aromatic N) is 2. The molecule has 0 aliphatic carbocycles. The molecule has 25 heavy (non-hydrogen) atoms. The van der Waals surface area contributed by atoms with E-state index in [9.17, 15) is 8.42 Å². The molecule has 0 radical (unpaired) electrons. The molecule has 3 N–H and O–H groups in total. The molecule has 0 saturated carbocycles. The van der Waals surface area contributed by atoms with Crippen LogP contribution in [-0.4, -0.2) is 38.0 Å². The molecule has 0 fully saturated rings. The first-order chi connectivity index (χ1) is 12.0. The number of sulfonamides is 1. The van der Waals surface area contributed by atoms with Crippen molar-refractivity contribution in [2.45, 2.75) is 13.8 Å². The van der Waals surface area contributed by atoms with Gasteiger partial charge < -0.3 is 10.6 Å². The lowest BCUT2D eigenvalue weighted by atomic mass is 10.2. The minimum atomic E-state index is -3.48. The average molecular weight is 361 g/mol. The summed E-state index contributed by atoms with van der Waals surface area (Å²) in [6, 6.07) is 11.1. The molecule has 0 aliphatic rings. The van der Waals surface area contributed by atoms with E-state index < -0.39 is 10.0 Å². The highest BCUT2D eigenvalue weighted by molar-refractivity contribution is 7.92. The van der Waals surface area contributed by atoms with E-state index in [0.717, 1.165) is 29.0 Å². The number of benzene rings is 1. The number of anilines is 2. The number of nitrogens with one attached hydrogen (secondary N) is 3. The molecule has 134 valence electrons. The van der Waals surface area contributed by atoms with Gasteiger partial charge in [0.25, 0.3) is 0 Å². The van der Waals surface area contributed by atoms with Crippen LogP contribution in [0, 0.1) is 6.92 Å². The molecule has 0 atom stereocenters. The minimum absolute atomic E-state index is 0.231. The van der Waals surface area contributed by atoms with Gasteiger partial charge in [0.05, 0.1) is 0 Å². The van der Waals surface area contributed by atoms with Gasteiger partial charge in [0.1, 0.15) is 5.82 Å². The zero-order valence-corrected chi connectivity index (χ0v) is 15.2. The smallest absolute Gasteiger partial charge is 0.233 e. The van der Waals surface area contributed by atoms with Crippen LogP contribution in [-0.2, 0) is 10.0 Å². The van der Waals surface area contributed by atoms with Gasteiger partial charge in [0, 0.05) is 36.8 Å². The summed E-state index contributed by atoms with van der Waals surface area (Å²) in [5.41, 5.74) is 1.66. The predicted octanol–water partition coefficient (Wildman–Crippen LogP) is 2.22. The Morgan fingerprint density at radius 3 is 2.56 bits per heavy atom. The first-order valence-electron chi connectivity index (χ1n) is 8.05. The lowest BCUT2D eigenvalue weighted by Crippen LogP contribution is -2.27. The van der Waals surface area contributed by atoms with Crippen molar-refractivity contribution >= 4 is 27.9 Å². The SMILES string of the molecule is CCNc1cc(C)nc(NCCNS(=O)(=O)/C=C/c2ccccc2)n1. The summed E-state index contributed by atoms with van der Waals surface area (Å²) in [6.07, 6.45) is 1.56. The second kappa shape index (κ2) is 9.14. The van der Waals surface area contributed by atoms with Gasteiger partial charge in [-0.05, 0) is 25.5 Å². The minimum Gasteiger partial charge on any atom is -0.370 e. The summed E-state index contributed by atoms with van der Waals surface area (Å²) in [6.45, 7) is 5.25. The van der Waals surface area contributed by atoms with Crippen LogP contribution in [0.3, 0.4) is 0 Å². The van der Waals surface area contributed by atoms with Crippen molar-refractivity contribution in [1.82, 2.24) is 14.7 Å². The fraction of sp³-hybridized carbons (Fsp3) is 0.294. The normalized spacial score (nSPS) is 11.6. The standard InChI is InChI=1S/C17H23N5O2S/c1-3-18-16-13-14(2)21-17(22-16)19-10-11-20-25(23,24)12-9-15-7-5-4-6-8-15/h4-9,12-13,20H,3,10-11H2,1-2H3,(H2,18,19,21,22)/b12-9+. The van der Waals surface area contributed by atoms with Crippen molar-refractivity contribution in [1.29, 1.82) is 0 Å². The van der Waals surface area contributed by atoms with Gasteiger partial charge in [0.15, 0.2) is 0 Å². The van der Waals surface area contributed by atoms with Gasteiger partial charge in [0.2, 0.25) is 16.0 Å². The maximum absolute atomic E-state index is 11.9. The molecule has 0 spiro atoms. The monoisotopic (exact) mass is 361 g/mol. The van der Waals surface area contributed by atoms with E-state index in [1.807, 2.05) is 50.2 Å². The van der Waals surface area contributed by atoms with E-state index in [4.69, 9.17) is 0 Å². The molecule has 0 unspecified atom stereocenters. The van der Waals surface area contributed by atoms with Crippen LogP contribution in [0.15, 0.2) is 41.8 Å². The van der Waals surface area contributed by atoms with E-state index in [-0.39, 0.29) is 6.54 Å². The maximum atomic E-state index is 11.9. The molecule has 0 amide bonds. The van der Waals surface area contributed by atoms with Crippen molar-refractivity contribution < 1.29 is 8.42 Å². The highest BCUT2D eigenvalue weighted by Gasteiger charge is 2.05. The Labute approximate surface area is 148 Å². The van der Waals surface area contributed by atoms with Crippen LogP contribution < -0.4 is 15.4 Å². The van der Waals surface area contributed by atoms with Crippen LogP contribution in [0.2, 0.25) is 0 Å². The van der Waals surface area contributed by atoms with Gasteiger partial charge in [-0.2, -0.15) is 4.98 Å². The molecule has 0 saturated heterocycles. The Morgan fingerprint density at radius 1 is 1.08 bits per heavy atom. The number of aryl methyl sites for hydroxylation is 1. The van der Waals surface area contributed by atoms with Crippen LogP contribution >= 0.6 is 0 Å².